The van der Waals surface area contributed by atoms with Crippen LogP contribution in [0.15, 0.2) is 24.3 Å². The van der Waals surface area contributed by atoms with Crippen LogP contribution >= 0.6 is 0 Å². The number of piperazine rings is 1. The molecule has 0 amide bonds. The molecule has 3 rings (SSSR count). The number of hydrogen-bond acceptors (Lipinski definition) is 3. The quantitative estimate of drug-likeness (QED) is 0.879. The van der Waals surface area contributed by atoms with E-state index in [0.29, 0.717) is 6.04 Å². The molecule has 3 nitrogen and oxygen atoms in total. The van der Waals surface area contributed by atoms with Crippen LogP contribution < -0.4 is 10.1 Å². The predicted molar refractivity (Wildman–Crippen MR) is 77.4 cm³/mol. The third kappa shape index (κ3) is 3.71. The summed E-state index contributed by atoms with van der Waals surface area (Å²) in [6.07, 6.45) is 2.69. The Morgan fingerprint density at radius 3 is 2.74 bits per heavy atom. The Hall–Kier alpha value is -1.06. The Labute approximate surface area is 115 Å². The van der Waals surface area contributed by atoms with Gasteiger partial charge in [-0.05, 0) is 43.4 Å². The van der Waals surface area contributed by atoms with Crippen molar-refractivity contribution in [3.63, 3.8) is 0 Å². The Morgan fingerprint density at radius 2 is 2.05 bits per heavy atom. The van der Waals surface area contributed by atoms with Gasteiger partial charge in [0.15, 0.2) is 0 Å². The highest BCUT2D eigenvalue weighted by Gasteiger charge is 2.22. The molecule has 19 heavy (non-hydrogen) atoms. The van der Waals surface area contributed by atoms with Crippen molar-refractivity contribution >= 4 is 0 Å². The predicted octanol–water partition coefficient (Wildman–Crippen LogP) is 2.27. The minimum atomic E-state index is 0.625. The fourth-order valence-electron chi connectivity index (χ4n) is 2.54. The lowest BCUT2D eigenvalue weighted by atomic mass is 10.1. The first kappa shape index (κ1) is 12.9. The molecule has 1 saturated carbocycles. The average molecular weight is 260 g/mol. The van der Waals surface area contributed by atoms with Gasteiger partial charge in [-0.1, -0.05) is 12.1 Å². The molecule has 1 saturated heterocycles. The molecule has 1 atom stereocenters. The van der Waals surface area contributed by atoms with Gasteiger partial charge in [0, 0.05) is 32.2 Å². The van der Waals surface area contributed by atoms with E-state index < -0.39 is 0 Å². The number of nitrogens with zero attached hydrogens (tertiary/aromatic N) is 1. The normalized spacial score (nSPS) is 24.4. The molecular formula is C16H24N2O. The molecule has 1 aromatic rings. The molecule has 3 heteroatoms. The van der Waals surface area contributed by atoms with E-state index >= 15 is 0 Å². The minimum absolute atomic E-state index is 0.625. The van der Waals surface area contributed by atoms with Crippen LogP contribution in [-0.2, 0) is 6.54 Å². The van der Waals surface area contributed by atoms with Gasteiger partial charge in [0.2, 0.25) is 0 Å². The van der Waals surface area contributed by atoms with Crippen molar-refractivity contribution in [2.24, 2.45) is 5.92 Å². The average Bonchev–Trinajstić information content (AvgIpc) is 3.25. The van der Waals surface area contributed by atoms with Crippen LogP contribution in [0, 0.1) is 5.92 Å². The largest absolute Gasteiger partial charge is 0.493 e. The lowest BCUT2D eigenvalue weighted by Gasteiger charge is -2.33. The Kier molecular flexibility index (Phi) is 4.04. The zero-order valence-electron chi connectivity index (χ0n) is 11.8. The summed E-state index contributed by atoms with van der Waals surface area (Å²) in [5, 5.41) is 3.43. The number of rotatable bonds is 5. The van der Waals surface area contributed by atoms with E-state index in [4.69, 9.17) is 4.74 Å². The second-order valence-corrected chi connectivity index (χ2v) is 5.92. The molecule has 1 heterocycles. The van der Waals surface area contributed by atoms with E-state index in [1.54, 1.807) is 0 Å². The number of ether oxygens (including phenoxy) is 1. The van der Waals surface area contributed by atoms with Crippen molar-refractivity contribution < 1.29 is 4.74 Å². The maximum Gasteiger partial charge on any atom is 0.119 e. The van der Waals surface area contributed by atoms with Crippen LogP contribution in [0.1, 0.15) is 25.3 Å². The van der Waals surface area contributed by atoms with Gasteiger partial charge in [0.1, 0.15) is 5.75 Å². The SMILES string of the molecule is CC1CNCCN1Cc1ccc(OCC2CC2)cc1. The number of nitrogens with one attached hydrogen (secondary N) is 1. The number of benzene rings is 1. The van der Waals surface area contributed by atoms with Crippen LogP contribution in [0.2, 0.25) is 0 Å². The molecule has 1 unspecified atom stereocenters. The molecule has 1 aliphatic carbocycles. The summed E-state index contributed by atoms with van der Waals surface area (Å²) in [5.74, 6) is 1.84. The third-order valence-corrected chi connectivity index (χ3v) is 4.13. The highest BCUT2D eigenvalue weighted by atomic mass is 16.5. The van der Waals surface area contributed by atoms with Gasteiger partial charge < -0.3 is 10.1 Å². The lowest BCUT2D eigenvalue weighted by molar-refractivity contribution is 0.165. The van der Waals surface area contributed by atoms with E-state index in [9.17, 15) is 0 Å². The highest BCUT2D eigenvalue weighted by molar-refractivity contribution is 5.27. The van der Waals surface area contributed by atoms with Crippen LogP contribution in [0.3, 0.4) is 0 Å². The van der Waals surface area contributed by atoms with E-state index in [0.717, 1.165) is 44.5 Å². The molecule has 0 spiro atoms. The Bertz CT molecular complexity index is 400. The van der Waals surface area contributed by atoms with Gasteiger partial charge in [0.25, 0.3) is 0 Å². The highest BCUT2D eigenvalue weighted by Crippen LogP contribution is 2.29. The number of hydrogen-bond donors (Lipinski definition) is 1. The summed E-state index contributed by atoms with van der Waals surface area (Å²) in [7, 11) is 0. The molecule has 0 bridgehead atoms. The Balaban J connectivity index is 1.52. The van der Waals surface area contributed by atoms with E-state index in [-0.39, 0.29) is 0 Å². The maximum absolute atomic E-state index is 5.77. The summed E-state index contributed by atoms with van der Waals surface area (Å²) in [4.78, 5) is 2.54. The van der Waals surface area contributed by atoms with Crippen LogP contribution in [-0.4, -0.2) is 37.2 Å². The Morgan fingerprint density at radius 1 is 1.26 bits per heavy atom. The summed E-state index contributed by atoms with van der Waals surface area (Å²) < 4.78 is 5.77. The van der Waals surface area contributed by atoms with E-state index in [2.05, 4.69) is 41.4 Å². The maximum atomic E-state index is 5.77. The van der Waals surface area contributed by atoms with E-state index in [1.807, 2.05) is 0 Å². The van der Waals surface area contributed by atoms with E-state index in [1.165, 1.54) is 18.4 Å². The lowest BCUT2D eigenvalue weighted by Crippen LogP contribution is -2.49. The zero-order chi connectivity index (χ0) is 13.1. The minimum Gasteiger partial charge on any atom is -0.493 e. The second kappa shape index (κ2) is 5.93. The van der Waals surface area contributed by atoms with Crippen LogP contribution in [0.25, 0.3) is 0 Å². The van der Waals surface area contributed by atoms with Crippen molar-refractivity contribution in [3.8, 4) is 5.75 Å². The molecule has 2 fully saturated rings. The fraction of sp³-hybridized carbons (Fsp3) is 0.625. The smallest absolute Gasteiger partial charge is 0.119 e. The first-order chi connectivity index (χ1) is 9.31. The molecule has 2 aliphatic rings. The standard InChI is InChI=1S/C16H24N2O/c1-13-10-17-8-9-18(13)11-14-4-6-16(7-5-14)19-12-15-2-3-15/h4-7,13,15,17H,2-3,8-12H2,1H3. The zero-order valence-corrected chi connectivity index (χ0v) is 11.8. The van der Waals surface area contributed by atoms with Crippen molar-refractivity contribution in [2.45, 2.75) is 32.4 Å². The van der Waals surface area contributed by atoms with Gasteiger partial charge in [-0.15, -0.1) is 0 Å². The molecule has 104 valence electrons. The summed E-state index contributed by atoms with van der Waals surface area (Å²) >= 11 is 0. The first-order valence-corrected chi connectivity index (χ1v) is 7.48. The third-order valence-electron chi connectivity index (χ3n) is 4.13. The summed E-state index contributed by atoms with van der Waals surface area (Å²) in [6, 6.07) is 9.27. The fourth-order valence-corrected chi connectivity index (χ4v) is 2.54. The summed E-state index contributed by atoms with van der Waals surface area (Å²) in [6.45, 7) is 7.58. The second-order valence-electron chi connectivity index (χ2n) is 5.92. The van der Waals surface area contributed by atoms with Gasteiger partial charge >= 0.3 is 0 Å². The van der Waals surface area contributed by atoms with Gasteiger partial charge in [-0.3, -0.25) is 4.90 Å². The van der Waals surface area contributed by atoms with Gasteiger partial charge in [-0.25, -0.2) is 0 Å². The van der Waals surface area contributed by atoms with Crippen molar-refractivity contribution in [1.82, 2.24) is 10.2 Å². The first-order valence-electron chi connectivity index (χ1n) is 7.48. The molecule has 0 radical (unpaired) electrons. The molecule has 1 aromatic carbocycles. The molecule has 1 N–H and O–H groups in total. The molecule has 0 aromatic heterocycles. The van der Waals surface area contributed by atoms with Crippen LogP contribution in [0.4, 0.5) is 0 Å². The van der Waals surface area contributed by atoms with Gasteiger partial charge in [-0.2, -0.15) is 0 Å². The molecule has 1 aliphatic heterocycles. The summed E-state index contributed by atoms with van der Waals surface area (Å²) in [5.41, 5.74) is 1.38. The van der Waals surface area contributed by atoms with Crippen molar-refractivity contribution in [3.05, 3.63) is 29.8 Å². The van der Waals surface area contributed by atoms with Crippen LogP contribution in [0.5, 0.6) is 5.75 Å². The van der Waals surface area contributed by atoms with Gasteiger partial charge in [0.05, 0.1) is 6.61 Å². The molecular weight excluding hydrogens is 236 g/mol. The monoisotopic (exact) mass is 260 g/mol. The topological polar surface area (TPSA) is 24.5 Å². The van der Waals surface area contributed by atoms with Crippen molar-refractivity contribution in [1.29, 1.82) is 0 Å². The van der Waals surface area contributed by atoms with Crippen molar-refractivity contribution in [2.75, 3.05) is 26.2 Å².